The largest absolute Gasteiger partial charge is 0.445 e. The molecule has 0 spiro atoms. The molecule has 0 aliphatic carbocycles. The Morgan fingerprint density at radius 1 is 0.861 bits per heavy atom. The van der Waals surface area contributed by atoms with E-state index in [9.17, 15) is 9.59 Å². The molecule has 7 nitrogen and oxygen atoms in total. The summed E-state index contributed by atoms with van der Waals surface area (Å²) in [5.74, 6) is -0.114. The van der Waals surface area contributed by atoms with Gasteiger partial charge in [-0.15, -0.1) is 0 Å². The number of carbonyl (C=O) groups excluding carboxylic acids is 2. The molecule has 1 atom stereocenters. The maximum absolute atomic E-state index is 13.6. The van der Waals surface area contributed by atoms with Crippen LogP contribution in [0.1, 0.15) is 23.1 Å². The maximum atomic E-state index is 13.6. The Bertz CT molecular complexity index is 1180. The lowest BCUT2D eigenvalue weighted by molar-refractivity contribution is -0.133. The molecule has 1 aliphatic heterocycles. The first kappa shape index (κ1) is 24.8. The highest BCUT2D eigenvalue weighted by Crippen LogP contribution is 2.18. The van der Waals surface area contributed by atoms with Crippen molar-refractivity contribution in [2.24, 2.45) is 0 Å². The summed E-state index contributed by atoms with van der Waals surface area (Å²) in [6.45, 7) is 2.78. The molecular formula is C29H30N4O3. The van der Waals surface area contributed by atoms with Gasteiger partial charge in [0.25, 0.3) is 0 Å². The molecule has 0 aromatic heterocycles. The topological polar surface area (TPSA) is 85.7 Å². The van der Waals surface area contributed by atoms with Gasteiger partial charge in [-0.25, -0.2) is 4.79 Å². The van der Waals surface area contributed by atoms with Crippen LogP contribution in [0.5, 0.6) is 0 Å². The van der Waals surface area contributed by atoms with Crippen molar-refractivity contribution in [3.05, 3.63) is 102 Å². The lowest BCUT2D eigenvalue weighted by atomic mass is 10.0. The fourth-order valence-corrected chi connectivity index (χ4v) is 4.32. The third-order valence-electron chi connectivity index (χ3n) is 6.25. The number of nitriles is 1. The van der Waals surface area contributed by atoms with Crippen LogP contribution in [0.3, 0.4) is 0 Å². The molecule has 1 unspecified atom stereocenters. The second-order valence-electron chi connectivity index (χ2n) is 8.77. The lowest BCUT2D eigenvalue weighted by Crippen LogP contribution is -2.50. The first-order valence-corrected chi connectivity index (χ1v) is 12.2. The van der Waals surface area contributed by atoms with Crippen LogP contribution in [-0.4, -0.2) is 49.1 Å². The van der Waals surface area contributed by atoms with E-state index in [4.69, 9.17) is 10.00 Å². The van der Waals surface area contributed by atoms with Gasteiger partial charge in [0.05, 0.1) is 11.6 Å². The Morgan fingerprint density at radius 2 is 1.53 bits per heavy atom. The second kappa shape index (κ2) is 12.4. The number of amides is 2. The Balaban J connectivity index is 1.41. The first-order chi connectivity index (χ1) is 17.6. The van der Waals surface area contributed by atoms with Crippen molar-refractivity contribution < 1.29 is 14.3 Å². The van der Waals surface area contributed by atoms with Crippen molar-refractivity contribution >= 4 is 17.7 Å². The van der Waals surface area contributed by atoms with Crippen LogP contribution < -0.4 is 10.2 Å². The van der Waals surface area contributed by atoms with Crippen molar-refractivity contribution in [2.75, 3.05) is 31.1 Å². The number of ether oxygens (including phenoxy) is 1. The van der Waals surface area contributed by atoms with E-state index in [0.717, 1.165) is 29.8 Å². The van der Waals surface area contributed by atoms with Gasteiger partial charge in [0.1, 0.15) is 12.6 Å². The molecular weight excluding hydrogens is 452 g/mol. The highest BCUT2D eigenvalue weighted by Gasteiger charge is 2.28. The van der Waals surface area contributed by atoms with Crippen LogP contribution in [-0.2, 0) is 22.6 Å². The van der Waals surface area contributed by atoms with Gasteiger partial charge in [0, 0.05) is 38.3 Å². The van der Waals surface area contributed by atoms with Crippen LogP contribution in [0, 0.1) is 11.3 Å². The standard InChI is InChI=1S/C29H30N4O3/c30-21-24-12-14-26(15-13-24)32-16-7-17-33(19-18-32)28(34)27(20-23-8-3-1-4-9-23)31-29(35)36-22-25-10-5-2-6-11-25/h1-6,8-15,27H,7,16-20,22H2,(H,31,35). The highest BCUT2D eigenvalue weighted by atomic mass is 16.5. The van der Waals surface area contributed by atoms with E-state index in [0.29, 0.717) is 31.6 Å². The zero-order valence-electron chi connectivity index (χ0n) is 20.2. The van der Waals surface area contributed by atoms with Gasteiger partial charge in [-0.05, 0) is 41.8 Å². The Labute approximate surface area is 211 Å². The predicted octanol–water partition coefficient (Wildman–Crippen LogP) is 4.13. The molecule has 1 aliphatic rings. The number of benzene rings is 3. The SMILES string of the molecule is N#Cc1ccc(N2CCCN(C(=O)C(Cc3ccccc3)NC(=O)OCc3ccccc3)CC2)cc1. The minimum atomic E-state index is -0.725. The number of carbonyl (C=O) groups is 2. The second-order valence-corrected chi connectivity index (χ2v) is 8.77. The Hall–Kier alpha value is -4.31. The van der Waals surface area contributed by atoms with Gasteiger partial charge < -0.3 is 19.9 Å². The number of alkyl carbamates (subject to hydrolysis) is 1. The van der Waals surface area contributed by atoms with Gasteiger partial charge in [-0.3, -0.25) is 4.79 Å². The lowest BCUT2D eigenvalue weighted by Gasteiger charge is -2.27. The van der Waals surface area contributed by atoms with Crippen molar-refractivity contribution in [1.29, 1.82) is 5.26 Å². The van der Waals surface area contributed by atoms with E-state index in [1.165, 1.54) is 0 Å². The van der Waals surface area contributed by atoms with Crippen molar-refractivity contribution in [3.8, 4) is 6.07 Å². The number of hydrogen-bond acceptors (Lipinski definition) is 5. The first-order valence-electron chi connectivity index (χ1n) is 12.2. The molecule has 2 amide bonds. The van der Waals surface area contributed by atoms with E-state index >= 15 is 0 Å². The summed E-state index contributed by atoms with van der Waals surface area (Å²) in [5, 5.41) is 11.9. The van der Waals surface area contributed by atoms with Gasteiger partial charge in [0.2, 0.25) is 5.91 Å². The normalized spacial score (nSPS) is 14.3. The highest BCUT2D eigenvalue weighted by molar-refractivity contribution is 5.86. The van der Waals surface area contributed by atoms with E-state index < -0.39 is 12.1 Å². The molecule has 184 valence electrons. The summed E-state index contributed by atoms with van der Waals surface area (Å²) in [6.07, 6.45) is 0.584. The Morgan fingerprint density at radius 3 is 2.19 bits per heavy atom. The van der Waals surface area contributed by atoms with Crippen LogP contribution in [0.2, 0.25) is 0 Å². The number of nitrogens with one attached hydrogen (secondary N) is 1. The van der Waals surface area contributed by atoms with Crippen LogP contribution in [0.15, 0.2) is 84.9 Å². The molecule has 3 aromatic rings. The number of hydrogen-bond donors (Lipinski definition) is 1. The predicted molar refractivity (Wildman–Crippen MR) is 138 cm³/mol. The third-order valence-corrected chi connectivity index (χ3v) is 6.25. The van der Waals surface area contributed by atoms with Crippen molar-refractivity contribution in [3.63, 3.8) is 0 Å². The molecule has 1 N–H and O–H groups in total. The smallest absolute Gasteiger partial charge is 0.408 e. The molecule has 3 aromatic carbocycles. The average molecular weight is 483 g/mol. The fourth-order valence-electron chi connectivity index (χ4n) is 4.32. The summed E-state index contributed by atoms with van der Waals surface area (Å²) >= 11 is 0. The fraction of sp³-hybridized carbons (Fsp3) is 0.276. The summed E-state index contributed by atoms with van der Waals surface area (Å²) in [4.78, 5) is 30.3. The zero-order chi connectivity index (χ0) is 25.2. The number of nitrogens with zero attached hydrogens (tertiary/aromatic N) is 3. The van der Waals surface area contributed by atoms with Crippen LogP contribution in [0.4, 0.5) is 10.5 Å². The number of anilines is 1. The monoisotopic (exact) mass is 482 g/mol. The number of rotatable bonds is 7. The quantitative estimate of drug-likeness (QED) is 0.547. The molecule has 0 bridgehead atoms. The van der Waals surface area contributed by atoms with Gasteiger partial charge in [-0.2, -0.15) is 5.26 Å². The summed E-state index contributed by atoms with van der Waals surface area (Å²) in [6, 6.07) is 28.0. The molecule has 4 rings (SSSR count). The maximum Gasteiger partial charge on any atom is 0.408 e. The zero-order valence-corrected chi connectivity index (χ0v) is 20.2. The Kier molecular flexibility index (Phi) is 8.55. The summed E-state index contributed by atoms with van der Waals surface area (Å²) in [7, 11) is 0. The van der Waals surface area contributed by atoms with Crippen LogP contribution in [0.25, 0.3) is 0 Å². The average Bonchev–Trinajstić information content (AvgIpc) is 3.19. The van der Waals surface area contributed by atoms with E-state index in [2.05, 4.69) is 16.3 Å². The molecule has 1 fully saturated rings. The van der Waals surface area contributed by atoms with Crippen molar-refractivity contribution in [1.82, 2.24) is 10.2 Å². The van der Waals surface area contributed by atoms with E-state index in [1.54, 1.807) is 0 Å². The van der Waals surface area contributed by atoms with Gasteiger partial charge >= 0.3 is 6.09 Å². The van der Waals surface area contributed by atoms with Gasteiger partial charge in [-0.1, -0.05) is 60.7 Å². The van der Waals surface area contributed by atoms with Crippen LogP contribution >= 0.6 is 0 Å². The summed E-state index contributed by atoms with van der Waals surface area (Å²) < 4.78 is 5.40. The molecule has 1 heterocycles. The van der Waals surface area contributed by atoms with Crippen molar-refractivity contribution in [2.45, 2.75) is 25.5 Å². The molecule has 36 heavy (non-hydrogen) atoms. The molecule has 0 saturated carbocycles. The third kappa shape index (κ3) is 6.86. The molecule has 1 saturated heterocycles. The minimum Gasteiger partial charge on any atom is -0.445 e. The molecule has 7 heteroatoms. The molecule has 0 radical (unpaired) electrons. The minimum absolute atomic E-state index is 0.114. The van der Waals surface area contributed by atoms with E-state index in [1.807, 2.05) is 89.8 Å². The van der Waals surface area contributed by atoms with Gasteiger partial charge in [0.15, 0.2) is 0 Å². The summed E-state index contributed by atoms with van der Waals surface area (Å²) in [5.41, 5.74) is 3.51. The van der Waals surface area contributed by atoms with E-state index in [-0.39, 0.29) is 12.5 Å².